The highest BCUT2D eigenvalue weighted by Gasteiger charge is 2.37. The molecule has 2 aliphatic rings. The summed E-state index contributed by atoms with van der Waals surface area (Å²) < 4.78 is 0. The van der Waals surface area contributed by atoms with Gasteiger partial charge in [-0.15, -0.1) is 0 Å². The third-order valence-electron chi connectivity index (χ3n) is 5.71. The lowest BCUT2D eigenvalue weighted by Gasteiger charge is -2.42. The zero-order chi connectivity index (χ0) is 14.9. The lowest BCUT2D eigenvalue weighted by Crippen LogP contribution is -2.48. The molecule has 0 aromatic rings. The van der Waals surface area contributed by atoms with E-state index in [0.29, 0.717) is 17.2 Å². The largest absolute Gasteiger partial charge is 0.342 e. The fourth-order valence-electron chi connectivity index (χ4n) is 3.95. The van der Waals surface area contributed by atoms with Crippen molar-refractivity contribution in [3.63, 3.8) is 0 Å². The van der Waals surface area contributed by atoms with Gasteiger partial charge in [0, 0.05) is 25.0 Å². The van der Waals surface area contributed by atoms with E-state index in [4.69, 9.17) is 5.73 Å². The van der Waals surface area contributed by atoms with Crippen LogP contribution in [0.4, 0.5) is 0 Å². The first-order valence-electron chi connectivity index (χ1n) is 8.35. The third-order valence-corrected chi connectivity index (χ3v) is 5.71. The summed E-state index contributed by atoms with van der Waals surface area (Å²) in [5.74, 6) is 1.64. The highest BCUT2D eigenvalue weighted by Crippen LogP contribution is 2.36. The molecule has 3 unspecified atom stereocenters. The van der Waals surface area contributed by atoms with Gasteiger partial charge in [0.05, 0.1) is 0 Å². The van der Waals surface area contributed by atoms with Gasteiger partial charge in [0.1, 0.15) is 0 Å². The molecule has 2 fully saturated rings. The second-order valence-electron chi connectivity index (χ2n) is 8.03. The minimum absolute atomic E-state index is 0.171. The molecule has 3 nitrogen and oxygen atoms in total. The summed E-state index contributed by atoms with van der Waals surface area (Å²) in [4.78, 5) is 14.8. The molecule has 0 aromatic carbocycles. The number of amides is 1. The van der Waals surface area contributed by atoms with Gasteiger partial charge in [-0.25, -0.2) is 0 Å². The summed E-state index contributed by atoms with van der Waals surface area (Å²) in [6.45, 7) is 11.0. The van der Waals surface area contributed by atoms with E-state index in [1.165, 1.54) is 0 Å². The Morgan fingerprint density at radius 1 is 1.10 bits per heavy atom. The summed E-state index contributed by atoms with van der Waals surface area (Å²) in [7, 11) is 0. The quantitative estimate of drug-likeness (QED) is 0.802. The molecule has 3 heteroatoms. The molecule has 20 heavy (non-hydrogen) atoms. The predicted molar refractivity (Wildman–Crippen MR) is 83.2 cm³/mol. The van der Waals surface area contributed by atoms with Crippen LogP contribution in [0.3, 0.4) is 0 Å². The molecular weight excluding hydrogens is 248 g/mol. The van der Waals surface area contributed by atoms with Crippen molar-refractivity contribution in [1.29, 1.82) is 0 Å². The number of nitrogens with two attached hydrogens (primary N) is 1. The number of carbonyl (C=O) groups excluding carboxylic acids is 1. The van der Waals surface area contributed by atoms with E-state index in [9.17, 15) is 4.79 Å². The zero-order valence-corrected chi connectivity index (χ0v) is 13.7. The lowest BCUT2D eigenvalue weighted by atomic mass is 9.74. The molecule has 0 aromatic heterocycles. The van der Waals surface area contributed by atoms with E-state index >= 15 is 0 Å². The topological polar surface area (TPSA) is 46.3 Å². The Balaban J connectivity index is 1.91. The van der Waals surface area contributed by atoms with Crippen molar-refractivity contribution in [2.45, 2.75) is 65.8 Å². The van der Waals surface area contributed by atoms with Crippen LogP contribution in [-0.4, -0.2) is 29.9 Å². The van der Waals surface area contributed by atoms with E-state index in [-0.39, 0.29) is 12.0 Å². The van der Waals surface area contributed by atoms with Gasteiger partial charge in [-0.3, -0.25) is 4.79 Å². The maximum absolute atomic E-state index is 12.7. The summed E-state index contributed by atoms with van der Waals surface area (Å²) >= 11 is 0. The smallest absolute Gasteiger partial charge is 0.226 e. The van der Waals surface area contributed by atoms with Crippen molar-refractivity contribution in [3.05, 3.63) is 0 Å². The van der Waals surface area contributed by atoms with Gasteiger partial charge in [0.15, 0.2) is 0 Å². The minimum atomic E-state index is 0.171. The van der Waals surface area contributed by atoms with E-state index in [2.05, 4.69) is 32.6 Å². The highest BCUT2D eigenvalue weighted by atomic mass is 16.2. The Kier molecular flexibility index (Phi) is 4.78. The van der Waals surface area contributed by atoms with Crippen LogP contribution >= 0.6 is 0 Å². The maximum Gasteiger partial charge on any atom is 0.226 e. The number of hydrogen-bond donors (Lipinski definition) is 1. The number of hydrogen-bond acceptors (Lipinski definition) is 2. The molecule has 3 atom stereocenters. The summed E-state index contributed by atoms with van der Waals surface area (Å²) in [5.41, 5.74) is 6.52. The molecule has 1 amide bonds. The van der Waals surface area contributed by atoms with Crippen molar-refractivity contribution in [2.75, 3.05) is 13.1 Å². The van der Waals surface area contributed by atoms with Gasteiger partial charge in [0.25, 0.3) is 0 Å². The number of carbonyl (C=O) groups is 1. The van der Waals surface area contributed by atoms with Crippen LogP contribution in [-0.2, 0) is 4.79 Å². The third kappa shape index (κ3) is 3.36. The van der Waals surface area contributed by atoms with Crippen LogP contribution in [0.15, 0.2) is 0 Å². The predicted octanol–water partition coefficient (Wildman–Crippen LogP) is 3.03. The van der Waals surface area contributed by atoms with Gasteiger partial charge < -0.3 is 10.6 Å². The van der Waals surface area contributed by atoms with E-state index in [1.807, 2.05) is 0 Å². The van der Waals surface area contributed by atoms with Crippen molar-refractivity contribution in [1.82, 2.24) is 4.90 Å². The van der Waals surface area contributed by atoms with Crippen LogP contribution in [0.25, 0.3) is 0 Å². The van der Waals surface area contributed by atoms with E-state index in [0.717, 1.165) is 51.1 Å². The fourth-order valence-corrected chi connectivity index (χ4v) is 3.95. The van der Waals surface area contributed by atoms with E-state index < -0.39 is 0 Å². The Morgan fingerprint density at radius 3 is 2.25 bits per heavy atom. The Labute approximate surface area is 124 Å². The monoisotopic (exact) mass is 280 g/mol. The minimum Gasteiger partial charge on any atom is -0.342 e. The van der Waals surface area contributed by atoms with Crippen molar-refractivity contribution >= 4 is 5.91 Å². The first-order valence-corrected chi connectivity index (χ1v) is 8.35. The fraction of sp³-hybridized carbons (Fsp3) is 0.941. The molecule has 1 saturated heterocycles. The molecule has 1 saturated carbocycles. The molecule has 1 heterocycles. The molecular formula is C17H32N2O. The number of piperidine rings is 1. The normalized spacial score (nSPS) is 33.2. The Hall–Kier alpha value is -0.570. The van der Waals surface area contributed by atoms with Crippen LogP contribution in [0.2, 0.25) is 0 Å². The van der Waals surface area contributed by atoms with Gasteiger partial charge >= 0.3 is 0 Å². The summed E-state index contributed by atoms with van der Waals surface area (Å²) in [6, 6.07) is 0.213. The van der Waals surface area contributed by atoms with Crippen LogP contribution in [0, 0.1) is 23.2 Å². The van der Waals surface area contributed by atoms with Crippen molar-refractivity contribution in [2.24, 2.45) is 28.9 Å². The molecule has 1 aliphatic carbocycles. The second kappa shape index (κ2) is 6.05. The number of nitrogens with zero attached hydrogens (tertiary/aromatic N) is 1. The molecule has 2 N–H and O–H groups in total. The standard InChI is InChI=1S/C17H32N2O/c1-12-14(6-5-7-15(12)18)16(20)19-10-8-13(9-11-19)17(2,3)4/h12-15H,5-11,18H2,1-4H3. The molecule has 0 radical (unpaired) electrons. The number of rotatable bonds is 1. The van der Waals surface area contributed by atoms with Gasteiger partial charge in [-0.05, 0) is 42.9 Å². The molecule has 2 rings (SSSR count). The average Bonchev–Trinajstić information content (AvgIpc) is 2.40. The highest BCUT2D eigenvalue weighted by molar-refractivity contribution is 5.79. The van der Waals surface area contributed by atoms with Gasteiger partial charge in [0.2, 0.25) is 5.91 Å². The van der Waals surface area contributed by atoms with Crippen LogP contribution < -0.4 is 5.73 Å². The van der Waals surface area contributed by atoms with Gasteiger partial charge in [-0.2, -0.15) is 0 Å². The van der Waals surface area contributed by atoms with Crippen LogP contribution in [0.1, 0.15) is 59.8 Å². The molecule has 0 spiro atoms. The van der Waals surface area contributed by atoms with Gasteiger partial charge in [-0.1, -0.05) is 34.1 Å². The van der Waals surface area contributed by atoms with Crippen molar-refractivity contribution < 1.29 is 4.79 Å². The summed E-state index contributed by atoms with van der Waals surface area (Å²) in [6.07, 6.45) is 5.54. The Bertz CT molecular complexity index is 339. The van der Waals surface area contributed by atoms with Crippen LogP contribution in [0.5, 0.6) is 0 Å². The van der Waals surface area contributed by atoms with Crippen molar-refractivity contribution in [3.8, 4) is 0 Å². The lowest BCUT2D eigenvalue weighted by molar-refractivity contribution is -0.140. The molecule has 116 valence electrons. The summed E-state index contributed by atoms with van der Waals surface area (Å²) in [5, 5.41) is 0. The maximum atomic E-state index is 12.7. The SMILES string of the molecule is CC1C(N)CCCC1C(=O)N1CCC(C(C)(C)C)CC1. The Morgan fingerprint density at radius 2 is 1.70 bits per heavy atom. The first-order chi connectivity index (χ1) is 9.30. The zero-order valence-electron chi connectivity index (χ0n) is 13.7. The first kappa shape index (κ1) is 15.8. The average molecular weight is 280 g/mol. The second-order valence-corrected chi connectivity index (χ2v) is 8.03. The number of likely N-dealkylation sites (tertiary alicyclic amines) is 1. The van der Waals surface area contributed by atoms with E-state index in [1.54, 1.807) is 0 Å². The molecule has 1 aliphatic heterocycles. The molecule has 0 bridgehead atoms.